The lowest BCUT2D eigenvalue weighted by atomic mass is 10.1. The molecule has 0 aromatic carbocycles. The molecule has 3 rings (SSSR count). The van der Waals surface area contributed by atoms with E-state index in [2.05, 4.69) is 11.6 Å². The van der Waals surface area contributed by atoms with Crippen molar-refractivity contribution < 1.29 is 22.8 Å². The first-order valence-corrected chi connectivity index (χ1v) is 7.54. The molecule has 1 aliphatic heterocycles. The molecule has 1 saturated carbocycles. The number of amides is 2. The third-order valence-corrected chi connectivity index (χ3v) is 4.53. The highest BCUT2D eigenvalue weighted by Crippen LogP contribution is 2.45. The van der Waals surface area contributed by atoms with Crippen molar-refractivity contribution in [3.05, 3.63) is 42.2 Å². The summed E-state index contributed by atoms with van der Waals surface area (Å²) in [5, 5.41) is 0. The molecule has 2 aliphatic rings. The maximum Gasteiger partial charge on any atom is 0.418 e. The van der Waals surface area contributed by atoms with Gasteiger partial charge in [0.25, 0.3) is 5.91 Å². The van der Waals surface area contributed by atoms with E-state index < -0.39 is 28.9 Å². The Morgan fingerprint density at radius 1 is 1.29 bits per heavy atom. The zero-order valence-electron chi connectivity index (χ0n) is 12.8. The smallest absolute Gasteiger partial charge is 0.335 e. The first kappa shape index (κ1) is 16.5. The molecule has 128 valence electrons. The molecule has 2 amide bonds. The molecule has 0 unspecified atom stereocenters. The van der Waals surface area contributed by atoms with E-state index in [9.17, 15) is 22.8 Å². The van der Waals surface area contributed by atoms with Crippen LogP contribution in [0, 0.1) is 0 Å². The van der Waals surface area contributed by atoms with Crippen LogP contribution >= 0.6 is 0 Å². The van der Waals surface area contributed by atoms with E-state index in [0.717, 1.165) is 12.1 Å². The van der Waals surface area contributed by atoms with Crippen LogP contribution in [-0.4, -0.2) is 51.8 Å². The third kappa shape index (κ3) is 2.76. The Morgan fingerprint density at radius 2 is 2.00 bits per heavy atom. The van der Waals surface area contributed by atoms with Crippen molar-refractivity contribution >= 4 is 11.8 Å². The Hall–Kier alpha value is -2.38. The monoisotopic (exact) mass is 339 g/mol. The summed E-state index contributed by atoms with van der Waals surface area (Å²) in [6.45, 7) is 4.21. The number of hydrogen-bond acceptors (Lipinski definition) is 3. The summed E-state index contributed by atoms with van der Waals surface area (Å²) in [4.78, 5) is 31.2. The third-order valence-electron chi connectivity index (χ3n) is 4.53. The van der Waals surface area contributed by atoms with E-state index in [0.29, 0.717) is 19.4 Å². The van der Waals surface area contributed by atoms with Crippen LogP contribution in [-0.2, 0) is 11.0 Å². The van der Waals surface area contributed by atoms with Crippen molar-refractivity contribution in [3.8, 4) is 0 Å². The fraction of sp³-hybridized carbons (Fsp3) is 0.438. The zero-order chi connectivity index (χ0) is 17.5. The molecule has 2 fully saturated rings. The Kier molecular flexibility index (Phi) is 3.85. The van der Waals surface area contributed by atoms with Crippen LogP contribution in [0.15, 0.2) is 31.0 Å². The number of halogens is 3. The quantitative estimate of drug-likeness (QED) is 0.776. The van der Waals surface area contributed by atoms with Crippen LogP contribution in [0.4, 0.5) is 13.2 Å². The van der Waals surface area contributed by atoms with Crippen LogP contribution in [0.5, 0.6) is 0 Å². The number of nitrogens with zero attached hydrogens (tertiary/aromatic N) is 3. The lowest BCUT2D eigenvalue weighted by molar-refractivity contribution is -0.138. The zero-order valence-corrected chi connectivity index (χ0v) is 12.8. The molecule has 2 heterocycles. The summed E-state index contributed by atoms with van der Waals surface area (Å²) < 4.78 is 39.4. The predicted octanol–water partition coefficient (Wildman–Crippen LogP) is 2.10. The maximum absolute atomic E-state index is 13.1. The van der Waals surface area contributed by atoms with E-state index in [4.69, 9.17) is 0 Å². The van der Waals surface area contributed by atoms with Crippen molar-refractivity contribution in [2.75, 3.05) is 19.6 Å². The predicted molar refractivity (Wildman–Crippen MR) is 79.0 cm³/mol. The second-order valence-electron chi connectivity index (χ2n) is 6.04. The van der Waals surface area contributed by atoms with Gasteiger partial charge in [-0.1, -0.05) is 6.58 Å². The van der Waals surface area contributed by atoms with E-state index in [-0.39, 0.29) is 19.0 Å². The van der Waals surface area contributed by atoms with Gasteiger partial charge in [0, 0.05) is 25.8 Å². The van der Waals surface area contributed by atoms with Gasteiger partial charge < -0.3 is 9.80 Å². The number of piperazine rings is 1. The van der Waals surface area contributed by atoms with E-state index in [1.807, 2.05) is 0 Å². The summed E-state index contributed by atoms with van der Waals surface area (Å²) in [6.07, 6.45) is -0.939. The molecular formula is C16H16F3N3O2. The molecule has 1 aromatic heterocycles. The second-order valence-corrected chi connectivity index (χ2v) is 6.04. The van der Waals surface area contributed by atoms with Crippen molar-refractivity contribution in [1.82, 2.24) is 14.8 Å². The summed E-state index contributed by atoms with van der Waals surface area (Å²) >= 11 is 0. The first-order chi connectivity index (χ1) is 11.3. The number of rotatable bonds is 2. The van der Waals surface area contributed by atoms with Gasteiger partial charge in [0.15, 0.2) is 0 Å². The minimum atomic E-state index is -4.64. The van der Waals surface area contributed by atoms with Gasteiger partial charge in [-0.05, 0) is 31.1 Å². The van der Waals surface area contributed by atoms with Gasteiger partial charge in [0.1, 0.15) is 5.69 Å². The molecule has 0 atom stereocenters. The van der Waals surface area contributed by atoms with Gasteiger partial charge in [0.2, 0.25) is 5.91 Å². The minimum Gasteiger partial charge on any atom is -0.335 e. The fourth-order valence-corrected chi connectivity index (χ4v) is 3.12. The molecule has 8 heteroatoms. The van der Waals surface area contributed by atoms with Crippen molar-refractivity contribution in [2.45, 2.75) is 24.6 Å². The molecule has 1 aromatic rings. The molecule has 1 saturated heterocycles. The van der Waals surface area contributed by atoms with Gasteiger partial charge in [-0.25, -0.2) is 0 Å². The molecule has 0 radical (unpaired) electrons. The summed E-state index contributed by atoms with van der Waals surface area (Å²) in [7, 11) is 0. The summed E-state index contributed by atoms with van der Waals surface area (Å²) in [5.74, 6) is -0.965. The van der Waals surface area contributed by atoms with Crippen LogP contribution in [0.2, 0.25) is 0 Å². The Balaban J connectivity index is 1.88. The van der Waals surface area contributed by atoms with E-state index in [1.54, 1.807) is 4.90 Å². The lowest BCUT2D eigenvalue weighted by Crippen LogP contribution is -2.58. The van der Waals surface area contributed by atoms with Gasteiger partial charge in [-0.3, -0.25) is 14.6 Å². The molecule has 0 bridgehead atoms. The molecule has 1 aliphatic carbocycles. The topological polar surface area (TPSA) is 53.5 Å². The highest BCUT2D eigenvalue weighted by atomic mass is 19.4. The van der Waals surface area contributed by atoms with Gasteiger partial charge in [-0.2, -0.15) is 13.2 Å². The number of carbonyl (C=O) groups is 2. The maximum atomic E-state index is 13.1. The van der Waals surface area contributed by atoms with Gasteiger partial charge >= 0.3 is 6.18 Å². The number of alkyl halides is 3. The van der Waals surface area contributed by atoms with Gasteiger partial charge in [0.05, 0.1) is 11.1 Å². The number of hydrogen-bond donors (Lipinski definition) is 0. The SMILES string of the molecule is C=CC(=O)N1CCN(C(=O)c2ncccc2C(F)(F)F)C2(CC2)C1. The van der Waals surface area contributed by atoms with Crippen molar-refractivity contribution in [3.63, 3.8) is 0 Å². The van der Waals surface area contributed by atoms with E-state index >= 15 is 0 Å². The molecule has 1 spiro atoms. The van der Waals surface area contributed by atoms with Crippen LogP contribution in [0.1, 0.15) is 28.9 Å². The Bertz CT molecular complexity index is 698. The van der Waals surface area contributed by atoms with Crippen LogP contribution < -0.4 is 0 Å². The van der Waals surface area contributed by atoms with Gasteiger partial charge in [-0.15, -0.1) is 0 Å². The number of pyridine rings is 1. The van der Waals surface area contributed by atoms with Crippen LogP contribution in [0.25, 0.3) is 0 Å². The largest absolute Gasteiger partial charge is 0.418 e. The first-order valence-electron chi connectivity index (χ1n) is 7.54. The molecule has 24 heavy (non-hydrogen) atoms. The number of aromatic nitrogens is 1. The normalized spacial score (nSPS) is 19.3. The highest BCUT2D eigenvalue weighted by Gasteiger charge is 2.54. The average Bonchev–Trinajstić information content (AvgIpc) is 3.32. The second kappa shape index (κ2) is 5.61. The van der Waals surface area contributed by atoms with Crippen molar-refractivity contribution in [2.24, 2.45) is 0 Å². The Morgan fingerprint density at radius 3 is 2.58 bits per heavy atom. The number of carbonyl (C=O) groups excluding carboxylic acids is 2. The van der Waals surface area contributed by atoms with E-state index in [1.165, 1.54) is 17.2 Å². The molecule has 5 nitrogen and oxygen atoms in total. The average molecular weight is 339 g/mol. The molecular weight excluding hydrogens is 323 g/mol. The Labute approximate surface area is 136 Å². The standard InChI is InChI=1S/C16H16F3N3O2/c1-2-12(23)21-8-9-22(15(10-21)5-6-15)14(24)13-11(16(17,18)19)4-3-7-20-13/h2-4,7H,1,5-6,8-10H2. The summed E-state index contributed by atoms with van der Waals surface area (Å²) in [5.41, 5.74) is -2.19. The minimum absolute atomic E-state index is 0.187. The fourth-order valence-electron chi connectivity index (χ4n) is 3.12. The van der Waals surface area contributed by atoms with Crippen molar-refractivity contribution in [1.29, 1.82) is 0 Å². The highest BCUT2D eigenvalue weighted by molar-refractivity contribution is 5.95. The molecule has 0 N–H and O–H groups in total. The van der Waals surface area contributed by atoms with Crippen LogP contribution in [0.3, 0.4) is 0 Å². The lowest BCUT2D eigenvalue weighted by Gasteiger charge is -2.42. The summed E-state index contributed by atoms with van der Waals surface area (Å²) in [6, 6.07) is 2.02.